The third kappa shape index (κ3) is 3.11. The fourth-order valence-electron chi connectivity index (χ4n) is 2.20. The quantitative estimate of drug-likeness (QED) is 0.890. The second-order valence-corrected chi connectivity index (χ2v) is 4.77. The predicted molar refractivity (Wildman–Crippen MR) is 78.1 cm³/mol. The fourth-order valence-corrected chi connectivity index (χ4v) is 2.20. The molecule has 19 heavy (non-hydrogen) atoms. The average molecular weight is 256 g/mol. The number of benzene rings is 1. The number of hydrogen-bond donors (Lipinski definition) is 1. The first-order valence-corrected chi connectivity index (χ1v) is 6.88. The lowest BCUT2D eigenvalue weighted by Gasteiger charge is -2.13. The van der Waals surface area contributed by atoms with Crippen molar-refractivity contribution in [2.45, 2.75) is 26.7 Å². The van der Waals surface area contributed by atoms with Crippen LogP contribution in [0.3, 0.4) is 0 Å². The van der Waals surface area contributed by atoms with Gasteiger partial charge in [-0.2, -0.15) is 0 Å². The van der Waals surface area contributed by atoms with Gasteiger partial charge in [0.25, 0.3) is 5.91 Å². The van der Waals surface area contributed by atoms with E-state index in [4.69, 9.17) is 0 Å². The summed E-state index contributed by atoms with van der Waals surface area (Å²) >= 11 is 0. The summed E-state index contributed by atoms with van der Waals surface area (Å²) in [5.74, 6) is 0.461. The number of rotatable bonds is 5. The molecule has 2 rings (SSSR count). The number of aromatic nitrogens is 1. The van der Waals surface area contributed by atoms with E-state index < -0.39 is 0 Å². The van der Waals surface area contributed by atoms with Crippen LogP contribution in [0.1, 0.15) is 37.2 Å². The first-order valence-electron chi connectivity index (χ1n) is 6.88. The maximum Gasteiger partial charge on any atom is 0.270 e. The van der Waals surface area contributed by atoms with Crippen molar-refractivity contribution < 1.29 is 4.79 Å². The lowest BCUT2D eigenvalue weighted by Crippen LogP contribution is -2.29. The minimum atomic E-state index is -0.0799. The third-order valence-corrected chi connectivity index (χ3v) is 3.59. The van der Waals surface area contributed by atoms with Crippen LogP contribution in [-0.4, -0.2) is 17.4 Å². The molecule has 1 heterocycles. The van der Waals surface area contributed by atoms with Crippen molar-refractivity contribution in [1.29, 1.82) is 0 Å². The smallest absolute Gasteiger partial charge is 0.270 e. The SMILES string of the molecule is CCC(CC)CNC(=O)c1nccc2ccccc12. The van der Waals surface area contributed by atoms with Gasteiger partial charge in [0.2, 0.25) is 0 Å². The molecule has 0 aliphatic carbocycles. The predicted octanol–water partition coefficient (Wildman–Crippen LogP) is 3.40. The van der Waals surface area contributed by atoms with Crippen LogP contribution in [0, 0.1) is 5.92 Å². The highest BCUT2D eigenvalue weighted by Crippen LogP contribution is 2.16. The Morgan fingerprint density at radius 1 is 1.21 bits per heavy atom. The van der Waals surface area contributed by atoms with E-state index in [1.165, 1.54) is 0 Å². The van der Waals surface area contributed by atoms with Gasteiger partial charge in [0.1, 0.15) is 5.69 Å². The van der Waals surface area contributed by atoms with Crippen LogP contribution < -0.4 is 5.32 Å². The molecule has 3 nitrogen and oxygen atoms in total. The Bertz CT molecular complexity index is 556. The highest BCUT2D eigenvalue weighted by Gasteiger charge is 2.12. The van der Waals surface area contributed by atoms with Gasteiger partial charge in [0.05, 0.1) is 0 Å². The van der Waals surface area contributed by atoms with E-state index >= 15 is 0 Å². The lowest BCUT2D eigenvalue weighted by atomic mass is 10.0. The number of pyridine rings is 1. The van der Waals surface area contributed by atoms with E-state index in [-0.39, 0.29) is 5.91 Å². The summed E-state index contributed by atoms with van der Waals surface area (Å²) in [6.45, 7) is 5.02. The number of carbonyl (C=O) groups excluding carboxylic acids is 1. The summed E-state index contributed by atoms with van der Waals surface area (Å²) in [4.78, 5) is 16.4. The van der Waals surface area contributed by atoms with Gasteiger partial charge < -0.3 is 5.32 Å². The Morgan fingerprint density at radius 2 is 1.95 bits per heavy atom. The molecule has 0 aliphatic heterocycles. The van der Waals surface area contributed by atoms with E-state index in [1.54, 1.807) is 6.20 Å². The second-order valence-electron chi connectivity index (χ2n) is 4.77. The minimum Gasteiger partial charge on any atom is -0.350 e. The van der Waals surface area contributed by atoms with Crippen molar-refractivity contribution in [3.63, 3.8) is 0 Å². The standard InChI is InChI=1S/C16H20N2O/c1-3-12(4-2)11-18-16(19)15-14-8-6-5-7-13(14)9-10-17-15/h5-10,12H,3-4,11H2,1-2H3,(H,18,19). The van der Waals surface area contributed by atoms with E-state index in [0.717, 1.165) is 30.2 Å². The number of amides is 1. The van der Waals surface area contributed by atoms with Gasteiger partial charge >= 0.3 is 0 Å². The monoisotopic (exact) mass is 256 g/mol. The second kappa shape index (κ2) is 6.32. The maximum atomic E-state index is 12.2. The normalized spacial score (nSPS) is 10.9. The highest BCUT2D eigenvalue weighted by molar-refractivity contribution is 6.05. The van der Waals surface area contributed by atoms with Crippen LogP contribution in [0.25, 0.3) is 10.8 Å². The molecule has 0 fully saturated rings. The van der Waals surface area contributed by atoms with Crippen LogP contribution in [-0.2, 0) is 0 Å². The van der Waals surface area contributed by atoms with Crippen molar-refractivity contribution in [3.05, 3.63) is 42.2 Å². The zero-order valence-electron chi connectivity index (χ0n) is 11.5. The fraction of sp³-hybridized carbons (Fsp3) is 0.375. The Kier molecular flexibility index (Phi) is 4.50. The van der Waals surface area contributed by atoms with Crippen molar-refractivity contribution in [3.8, 4) is 0 Å². The molecular weight excluding hydrogens is 236 g/mol. The van der Waals surface area contributed by atoms with Crippen molar-refractivity contribution in [1.82, 2.24) is 10.3 Å². The number of fused-ring (bicyclic) bond motifs is 1. The van der Waals surface area contributed by atoms with Gasteiger partial charge in [-0.15, -0.1) is 0 Å². The zero-order chi connectivity index (χ0) is 13.7. The van der Waals surface area contributed by atoms with Gasteiger partial charge in [-0.1, -0.05) is 51.0 Å². The third-order valence-electron chi connectivity index (χ3n) is 3.59. The largest absolute Gasteiger partial charge is 0.350 e. The molecule has 0 unspecified atom stereocenters. The molecule has 0 radical (unpaired) electrons. The zero-order valence-corrected chi connectivity index (χ0v) is 11.5. The minimum absolute atomic E-state index is 0.0799. The van der Waals surface area contributed by atoms with E-state index in [1.807, 2.05) is 30.3 Å². The van der Waals surface area contributed by atoms with Crippen molar-refractivity contribution in [2.24, 2.45) is 5.92 Å². The number of hydrogen-bond acceptors (Lipinski definition) is 2. The van der Waals surface area contributed by atoms with Gasteiger partial charge in [0.15, 0.2) is 0 Å². The van der Waals surface area contributed by atoms with E-state index in [0.29, 0.717) is 11.6 Å². The summed E-state index contributed by atoms with van der Waals surface area (Å²) in [6.07, 6.45) is 3.86. The van der Waals surface area contributed by atoms with Gasteiger partial charge in [-0.25, -0.2) is 0 Å². The molecule has 0 bridgehead atoms. The topological polar surface area (TPSA) is 42.0 Å². The van der Waals surface area contributed by atoms with Crippen LogP contribution in [0.4, 0.5) is 0 Å². The molecule has 0 aliphatic rings. The molecule has 3 heteroatoms. The first kappa shape index (κ1) is 13.5. The average Bonchev–Trinajstić information content (AvgIpc) is 2.47. The number of nitrogens with one attached hydrogen (secondary N) is 1. The molecular formula is C16H20N2O. The summed E-state index contributed by atoms with van der Waals surface area (Å²) in [6, 6.07) is 9.76. The highest BCUT2D eigenvalue weighted by atomic mass is 16.1. The Morgan fingerprint density at radius 3 is 2.68 bits per heavy atom. The van der Waals surface area contributed by atoms with E-state index in [2.05, 4.69) is 24.1 Å². The summed E-state index contributed by atoms with van der Waals surface area (Å²) < 4.78 is 0. The number of carbonyl (C=O) groups is 1. The maximum absolute atomic E-state index is 12.2. The summed E-state index contributed by atoms with van der Waals surface area (Å²) in [5, 5.41) is 4.95. The molecule has 0 spiro atoms. The molecule has 0 atom stereocenters. The van der Waals surface area contributed by atoms with E-state index in [9.17, 15) is 4.79 Å². The van der Waals surface area contributed by atoms with Crippen LogP contribution in [0.15, 0.2) is 36.5 Å². The van der Waals surface area contributed by atoms with Gasteiger partial charge in [0, 0.05) is 18.1 Å². The van der Waals surface area contributed by atoms with Gasteiger partial charge in [-0.3, -0.25) is 9.78 Å². The molecule has 1 amide bonds. The Hall–Kier alpha value is -1.90. The van der Waals surface area contributed by atoms with Gasteiger partial charge in [-0.05, 0) is 17.4 Å². The molecule has 100 valence electrons. The summed E-state index contributed by atoms with van der Waals surface area (Å²) in [7, 11) is 0. The van der Waals surface area contributed by atoms with Crippen LogP contribution in [0.5, 0.6) is 0 Å². The molecule has 2 aromatic rings. The van der Waals surface area contributed by atoms with Crippen molar-refractivity contribution in [2.75, 3.05) is 6.54 Å². The Labute approximate surface area is 114 Å². The number of nitrogens with zero attached hydrogens (tertiary/aromatic N) is 1. The van der Waals surface area contributed by atoms with Crippen molar-refractivity contribution >= 4 is 16.7 Å². The lowest BCUT2D eigenvalue weighted by molar-refractivity contribution is 0.0943. The summed E-state index contributed by atoms with van der Waals surface area (Å²) in [5.41, 5.74) is 0.518. The Balaban J connectivity index is 2.17. The molecule has 1 N–H and O–H groups in total. The molecule has 0 saturated carbocycles. The first-order chi connectivity index (χ1) is 9.26. The molecule has 1 aromatic carbocycles. The van der Waals surface area contributed by atoms with Crippen LogP contribution in [0.2, 0.25) is 0 Å². The van der Waals surface area contributed by atoms with Crippen LogP contribution >= 0.6 is 0 Å². The molecule has 0 saturated heterocycles. The molecule has 1 aromatic heterocycles.